The topological polar surface area (TPSA) is 115 Å². The second-order valence-corrected chi connectivity index (χ2v) is 5.97. The van der Waals surface area contributed by atoms with Gasteiger partial charge >= 0.3 is 0 Å². The van der Waals surface area contributed by atoms with Crippen LogP contribution >= 0.6 is 0 Å². The van der Waals surface area contributed by atoms with Crippen molar-refractivity contribution in [1.29, 1.82) is 0 Å². The molecule has 0 saturated heterocycles. The van der Waals surface area contributed by atoms with E-state index < -0.39 is 11.8 Å². The fourth-order valence-electron chi connectivity index (χ4n) is 2.55. The van der Waals surface area contributed by atoms with E-state index >= 15 is 0 Å². The quantitative estimate of drug-likeness (QED) is 0.608. The third-order valence-corrected chi connectivity index (χ3v) is 3.88. The van der Waals surface area contributed by atoms with Crippen LogP contribution in [0.5, 0.6) is 17.2 Å². The zero-order chi connectivity index (χ0) is 21.4. The van der Waals surface area contributed by atoms with Gasteiger partial charge in [0, 0.05) is 18.2 Å². The summed E-state index contributed by atoms with van der Waals surface area (Å²) in [7, 11) is 4.35. The molecule has 0 spiro atoms. The van der Waals surface area contributed by atoms with Crippen LogP contribution < -0.4 is 30.4 Å². The summed E-state index contributed by atoms with van der Waals surface area (Å²) in [4.78, 5) is 35.5. The van der Waals surface area contributed by atoms with Gasteiger partial charge in [0.25, 0.3) is 5.91 Å². The summed E-state index contributed by atoms with van der Waals surface area (Å²) in [6.45, 7) is 1.41. The van der Waals surface area contributed by atoms with Gasteiger partial charge in [-0.2, -0.15) is 0 Å². The Hall–Kier alpha value is -3.75. The summed E-state index contributed by atoms with van der Waals surface area (Å²) in [5, 5.41) is 2.64. The Morgan fingerprint density at radius 1 is 0.862 bits per heavy atom. The Morgan fingerprint density at radius 3 is 1.93 bits per heavy atom. The molecule has 0 unspecified atom stereocenters. The predicted molar refractivity (Wildman–Crippen MR) is 106 cm³/mol. The molecular formula is C20H23N3O6. The zero-order valence-corrected chi connectivity index (χ0v) is 16.6. The summed E-state index contributed by atoms with van der Waals surface area (Å²) in [6, 6.07) is 9.77. The van der Waals surface area contributed by atoms with E-state index in [1.807, 2.05) is 0 Å². The van der Waals surface area contributed by atoms with Gasteiger partial charge in [0.1, 0.15) is 0 Å². The highest BCUT2D eigenvalue weighted by molar-refractivity contribution is 5.96. The molecule has 0 aliphatic carbocycles. The number of ether oxygens (including phenoxy) is 3. The molecule has 0 aromatic heterocycles. The molecule has 0 radical (unpaired) electrons. The van der Waals surface area contributed by atoms with Gasteiger partial charge in [0.2, 0.25) is 17.6 Å². The van der Waals surface area contributed by atoms with Gasteiger partial charge in [-0.3, -0.25) is 25.2 Å². The highest BCUT2D eigenvalue weighted by Crippen LogP contribution is 2.38. The molecule has 0 aliphatic heterocycles. The molecule has 0 heterocycles. The van der Waals surface area contributed by atoms with Crippen molar-refractivity contribution in [3.8, 4) is 17.2 Å². The number of hydrogen-bond acceptors (Lipinski definition) is 6. The van der Waals surface area contributed by atoms with Gasteiger partial charge in [-0.05, 0) is 29.8 Å². The Balaban J connectivity index is 1.98. The summed E-state index contributed by atoms with van der Waals surface area (Å²) in [5.74, 6) is -0.120. The van der Waals surface area contributed by atoms with Crippen molar-refractivity contribution in [3.05, 3.63) is 47.5 Å². The first kappa shape index (κ1) is 21.5. The van der Waals surface area contributed by atoms with E-state index in [4.69, 9.17) is 14.2 Å². The van der Waals surface area contributed by atoms with Gasteiger partial charge < -0.3 is 19.5 Å². The van der Waals surface area contributed by atoms with Crippen LogP contribution in [-0.4, -0.2) is 39.1 Å². The number of amides is 3. The minimum atomic E-state index is -0.543. The maximum Gasteiger partial charge on any atom is 0.269 e. The highest BCUT2D eigenvalue weighted by Gasteiger charge is 2.17. The van der Waals surface area contributed by atoms with Crippen molar-refractivity contribution in [2.45, 2.75) is 13.3 Å². The van der Waals surface area contributed by atoms with E-state index in [1.165, 1.54) is 40.4 Å². The van der Waals surface area contributed by atoms with E-state index in [1.54, 1.807) is 24.3 Å². The monoisotopic (exact) mass is 401 g/mol. The molecule has 2 aromatic carbocycles. The smallest absolute Gasteiger partial charge is 0.269 e. The minimum absolute atomic E-state index is 0.0515. The molecular weight excluding hydrogens is 378 g/mol. The normalized spacial score (nSPS) is 9.93. The number of hydrazine groups is 1. The number of benzene rings is 2. The fraction of sp³-hybridized carbons (Fsp3) is 0.250. The van der Waals surface area contributed by atoms with Crippen LogP contribution in [0.4, 0.5) is 5.69 Å². The minimum Gasteiger partial charge on any atom is -0.493 e. The van der Waals surface area contributed by atoms with E-state index in [0.717, 1.165) is 5.56 Å². The second kappa shape index (κ2) is 9.98. The number of rotatable bonds is 7. The zero-order valence-electron chi connectivity index (χ0n) is 16.6. The molecule has 9 heteroatoms. The largest absolute Gasteiger partial charge is 0.493 e. The second-order valence-electron chi connectivity index (χ2n) is 5.97. The standard InChI is InChI=1S/C20H23N3O6/c1-12(24)21-15-7-5-13(6-8-15)9-18(25)22-23-20(26)14-10-16(27-2)19(29-4)17(11-14)28-3/h5-8,10-11H,9H2,1-4H3,(H,21,24)(H,22,25)(H,23,26). The number of anilines is 1. The number of carbonyl (C=O) groups is 3. The number of hydrogen-bond donors (Lipinski definition) is 3. The Morgan fingerprint density at radius 2 is 1.45 bits per heavy atom. The lowest BCUT2D eigenvalue weighted by atomic mass is 10.1. The van der Waals surface area contributed by atoms with Crippen LogP contribution in [0.15, 0.2) is 36.4 Å². The van der Waals surface area contributed by atoms with Crippen LogP contribution in [0.2, 0.25) is 0 Å². The van der Waals surface area contributed by atoms with Crippen LogP contribution in [0.3, 0.4) is 0 Å². The number of nitrogens with one attached hydrogen (secondary N) is 3. The van der Waals surface area contributed by atoms with Gasteiger partial charge in [0.15, 0.2) is 11.5 Å². The maximum atomic E-state index is 12.4. The summed E-state index contributed by atoms with van der Waals surface area (Å²) in [6.07, 6.45) is 0.0515. The first-order chi connectivity index (χ1) is 13.9. The first-order valence-electron chi connectivity index (χ1n) is 8.63. The molecule has 9 nitrogen and oxygen atoms in total. The molecule has 0 fully saturated rings. The SMILES string of the molecule is COc1cc(C(=O)NNC(=O)Cc2ccc(NC(C)=O)cc2)cc(OC)c1OC. The lowest BCUT2D eigenvalue weighted by molar-refractivity contribution is -0.121. The van der Waals surface area contributed by atoms with Crippen molar-refractivity contribution in [1.82, 2.24) is 10.9 Å². The summed E-state index contributed by atoms with van der Waals surface area (Å²) < 4.78 is 15.6. The third kappa shape index (κ3) is 5.86. The van der Waals surface area contributed by atoms with Gasteiger partial charge in [-0.25, -0.2) is 0 Å². The fourth-order valence-corrected chi connectivity index (χ4v) is 2.55. The van der Waals surface area contributed by atoms with Crippen molar-refractivity contribution < 1.29 is 28.6 Å². The average Bonchev–Trinajstić information content (AvgIpc) is 2.71. The molecule has 0 bridgehead atoms. The van der Waals surface area contributed by atoms with Gasteiger partial charge in [0.05, 0.1) is 27.8 Å². The molecule has 0 aliphatic rings. The summed E-state index contributed by atoms with van der Waals surface area (Å²) in [5.41, 5.74) is 6.29. The molecule has 3 amide bonds. The Labute approximate surface area is 168 Å². The lowest BCUT2D eigenvalue weighted by Crippen LogP contribution is -2.42. The molecule has 29 heavy (non-hydrogen) atoms. The maximum absolute atomic E-state index is 12.4. The Bertz CT molecular complexity index is 871. The van der Waals surface area contributed by atoms with Crippen LogP contribution in [0, 0.1) is 0 Å². The van der Waals surface area contributed by atoms with Crippen molar-refractivity contribution in [2.75, 3.05) is 26.6 Å². The first-order valence-corrected chi connectivity index (χ1v) is 8.63. The van der Waals surface area contributed by atoms with Gasteiger partial charge in [-0.15, -0.1) is 0 Å². The van der Waals surface area contributed by atoms with Crippen molar-refractivity contribution >= 4 is 23.4 Å². The van der Waals surface area contributed by atoms with Crippen LogP contribution in [0.25, 0.3) is 0 Å². The Kier molecular flexibility index (Phi) is 7.41. The number of carbonyl (C=O) groups excluding carboxylic acids is 3. The molecule has 2 rings (SSSR count). The van der Waals surface area contributed by atoms with Crippen molar-refractivity contribution in [3.63, 3.8) is 0 Å². The number of methoxy groups -OCH3 is 3. The van der Waals surface area contributed by atoms with Crippen molar-refractivity contribution in [2.24, 2.45) is 0 Å². The predicted octanol–water partition coefficient (Wildman–Crippen LogP) is 1.67. The highest BCUT2D eigenvalue weighted by atomic mass is 16.5. The third-order valence-electron chi connectivity index (χ3n) is 3.88. The molecule has 0 atom stereocenters. The van der Waals surface area contributed by atoms with Gasteiger partial charge in [-0.1, -0.05) is 12.1 Å². The molecule has 154 valence electrons. The van der Waals surface area contributed by atoms with Crippen LogP contribution in [-0.2, 0) is 16.0 Å². The summed E-state index contributed by atoms with van der Waals surface area (Å²) >= 11 is 0. The molecule has 3 N–H and O–H groups in total. The van der Waals surface area contributed by atoms with Crippen LogP contribution in [0.1, 0.15) is 22.8 Å². The molecule has 0 saturated carbocycles. The van der Waals surface area contributed by atoms with E-state index in [-0.39, 0.29) is 17.9 Å². The van der Waals surface area contributed by atoms with E-state index in [9.17, 15) is 14.4 Å². The van der Waals surface area contributed by atoms with E-state index in [2.05, 4.69) is 16.2 Å². The lowest BCUT2D eigenvalue weighted by Gasteiger charge is -2.14. The average molecular weight is 401 g/mol. The molecule has 2 aromatic rings. The van der Waals surface area contributed by atoms with E-state index in [0.29, 0.717) is 22.9 Å².